The van der Waals surface area contributed by atoms with E-state index >= 15 is 0 Å². The first kappa shape index (κ1) is 53.8. The highest BCUT2D eigenvalue weighted by Gasteiger charge is 2.34. The molecule has 0 bridgehead atoms. The van der Waals surface area contributed by atoms with Crippen LogP contribution in [0.4, 0.5) is 0 Å². The fourth-order valence-electron chi connectivity index (χ4n) is 8.39. The number of rotatable bonds is 36. The predicted octanol–water partition coefficient (Wildman–Crippen LogP) is 9.85. The highest BCUT2D eigenvalue weighted by atomic mass is 16.2. The van der Waals surface area contributed by atoms with Crippen LogP contribution in [0.3, 0.4) is 0 Å². The first-order valence-corrected chi connectivity index (χ1v) is 25.0. The molecule has 2 aliphatic rings. The Morgan fingerprint density at radius 1 is 0.431 bits per heavy atom. The van der Waals surface area contributed by atoms with Crippen LogP contribution in [0.15, 0.2) is 0 Å². The minimum atomic E-state index is -0.241. The molecule has 0 unspecified atom stereocenters. The average Bonchev–Trinajstić information content (AvgIpc) is 3.94. The number of hydrogen-bond donors (Lipinski definition) is 4. The SMILES string of the molecule is CCCCCCCCCCCCC(=O)N1CCC[C@@H]1C(=O)NCCCCCCN.CCCCCCCCCCCCC(=O)N1CCC[C@H]1C(=O)NCCCCCCN. The Kier molecular flexibility index (Phi) is 36.2. The minimum absolute atomic E-state index is 0.0396. The van der Waals surface area contributed by atoms with Gasteiger partial charge in [-0.3, -0.25) is 19.2 Å². The molecule has 0 spiro atoms. The Morgan fingerprint density at radius 3 is 1.05 bits per heavy atom. The second-order valence-electron chi connectivity index (χ2n) is 17.3. The fourth-order valence-corrected chi connectivity index (χ4v) is 8.39. The Labute approximate surface area is 357 Å². The van der Waals surface area contributed by atoms with Crippen LogP contribution in [-0.2, 0) is 19.2 Å². The molecule has 0 aliphatic carbocycles. The van der Waals surface area contributed by atoms with E-state index in [-0.39, 0.29) is 35.7 Å². The summed E-state index contributed by atoms with van der Waals surface area (Å²) in [5.74, 6) is 0.422. The predicted molar refractivity (Wildman–Crippen MR) is 243 cm³/mol. The van der Waals surface area contributed by atoms with Crippen molar-refractivity contribution in [1.29, 1.82) is 0 Å². The number of nitrogens with one attached hydrogen (secondary N) is 2. The average molecular weight is 819 g/mol. The lowest BCUT2D eigenvalue weighted by Gasteiger charge is -2.24. The zero-order chi connectivity index (χ0) is 42.3. The highest BCUT2D eigenvalue weighted by molar-refractivity contribution is 5.89. The minimum Gasteiger partial charge on any atom is -0.354 e. The summed E-state index contributed by atoms with van der Waals surface area (Å²) < 4.78 is 0. The number of nitrogens with two attached hydrogens (primary N) is 2. The lowest BCUT2D eigenvalue weighted by molar-refractivity contribution is -0.138. The Balaban J connectivity index is 0.000000580. The van der Waals surface area contributed by atoms with Crippen LogP contribution < -0.4 is 22.1 Å². The molecule has 2 saturated heterocycles. The molecule has 58 heavy (non-hydrogen) atoms. The molecule has 4 amide bonds. The van der Waals surface area contributed by atoms with Crippen LogP contribution in [0, 0.1) is 0 Å². The Bertz CT molecular complexity index is 935. The van der Waals surface area contributed by atoms with Crippen molar-refractivity contribution in [3.8, 4) is 0 Å². The summed E-state index contributed by atoms with van der Waals surface area (Å²) in [5.41, 5.74) is 11.0. The standard InChI is InChI=1S/2C24H47N3O2/c2*1-2-3-4-5-6-7-8-9-10-13-18-23(28)27-21-16-17-22(27)24(29)26-20-15-12-11-14-19-25/h2*22H,2-21,25H2,1H3,(H,26,29)/t2*22-/m10/s1. The number of carbonyl (C=O) groups is 4. The van der Waals surface area contributed by atoms with E-state index in [2.05, 4.69) is 24.5 Å². The second kappa shape index (κ2) is 39.0. The zero-order valence-electron chi connectivity index (χ0n) is 38.1. The van der Waals surface area contributed by atoms with Crippen molar-refractivity contribution in [1.82, 2.24) is 20.4 Å². The largest absolute Gasteiger partial charge is 0.354 e. The maximum absolute atomic E-state index is 12.6. The molecule has 0 radical (unpaired) electrons. The van der Waals surface area contributed by atoms with Crippen molar-refractivity contribution in [3.05, 3.63) is 0 Å². The van der Waals surface area contributed by atoms with Gasteiger partial charge < -0.3 is 31.9 Å². The summed E-state index contributed by atoms with van der Waals surface area (Å²) >= 11 is 0. The number of amides is 4. The summed E-state index contributed by atoms with van der Waals surface area (Å²) in [6, 6.07) is -0.482. The highest BCUT2D eigenvalue weighted by Crippen LogP contribution is 2.22. The number of hydrogen-bond acceptors (Lipinski definition) is 6. The molecule has 2 aliphatic heterocycles. The van der Waals surface area contributed by atoms with Gasteiger partial charge in [0.1, 0.15) is 12.1 Å². The molecule has 0 saturated carbocycles. The van der Waals surface area contributed by atoms with Crippen LogP contribution in [0.2, 0.25) is 0 Å². The van der Waals surface area contributed by atoms with Gasteiger partial charge in [-0.15, -0.1) is 0 Å². The summed E-state index contributed by atoms with van der Waals surface area (Å²) in [7, 11) is 0. The number of carbonyl (C=O) groups excluding carboxylic acids is 4. The molecule has 340 valence electrons. The second-order valence-corrected chi connectivity index (χ2v) is 17.3. The lowest BCUT2D eigenvalue weighted by Crippen LogP contribution is -2.46. The van der Waals surface area contributed by atoms with Gasteiger partial charge in [0, 0.05) is 39.0 Å². The molecule has 6 N–H and O–H groups in total. The zero-order valence-corrected chi connectivity index (χ0v) is 38.1. The van der Waals surface area contributed by atoms with E-state index in [1.807, 2.05) is 9.80 Å². The van der Waals surface area contributed by atoms with Gasteiger partial charge in [-0.25, -0.2) is 0 Å². The van der Waals surface area contributed by atoms with Gasteiger partial charge in [0.05, 0.1) is 0 Å². The molecule has 2 rings (SSSR count). The Hall–Kier alpha value is -2.20. The van der Waals surface area contributed by atoms with Crippen molar-refractivity contribution >= 4 is 23.6 Å². The van der Waals surface area contributed by atoms with Gasteiger partial charge >= 0.3 is 0 Å². The van der Waals surface area contributed by atoms with Gasteiger partial charge in [-0.05, 0) is 77.3 Å². The third-order valence-electron chi connectivity index (χ3n) is 12.1. The van der Waals surface area contributed by atoms with Gasteiger partial charge in [0.15, 0.2) is 0 Å². The molecule has 0 aromatic carbocycles. The lowest BCUT2D eigenvalue weighted by atomic mass is 10.1. The molecule has 2 fully saturated rings. The van der Waals surface area contributed by atoms with Crippen LogP contribution in [0.5, 0.6) is 0 Å². The van der Waals surface area contributed by atoms with E-state index in [9.17, 15) is 19.2 Å². The van der Waals surface area contributed by atoms with Gasteiger partial charge in [0.25, 0.3) is 0 Å². The van der Waals surface area contributed by atoms with E-state index in [1.54, 1.807) is 0 Å². The third kappa shape index (κ3) is 27.5. The van der Waals surface area contributed by atoms with Crippen LogP contribution in [0.1, 0.15) is 232 Å². The van der Waals surface area contributed by atoms with Gasteiger partial charge in [0.2, 0.25) is 23.6 Å². The van der Waals surface area contributed by atoms with Crippen LogP contribution in [0.25, 0.3) is 0 Å². The molecule has 10 nitrogen and oxygen atoms in total. The Morgan fingerprint density at radius 2 is 0.724 bits per heavy atom. The maximum atomic E-state index is 12.6. The van der Waals surface area contributed by atoms with Gasteiger partial charge in [-0.2, -0.15) is 0 Å². The van der Waals surface area contributed by atoms with Gasteiger partial charge in [-0.1, -0.05) is 155 Å². The molecular formula is C48H94N6O4. The molecule has 2 heterocycles. The van der Waals surface area contributed by atoms with Crippen molar-refractivity contribution in [2.75, 3.05) is 39.3 Å². The van der Waals surface area contributed by atoms with Crippen molar-refractivity contribution in [3.63, 3.8) is 0 Å². The number of unbranched alkanes of at least 4 members (excludes halogenated alkanes) is 24. The summed E-state index contributed by atoms with van der Waals surface area (Å²) in [6.07, 6.45) is 38.7. The van der Waals surface area contributed by atoms with E-state index in [0.717, 1.165) is 129 Å². The van der Waals surface area contributed by atoms with Crippen molar-refractivity contribution < 1.29 is 19.2 Å². The van der Waals surface area contributed by atoms with Crippen molar-refractivity contribution in [2.45, 2.75) is 244 Å². The van der Waals surface area contributed by atoms with E-state index in [1.165, 1.54) is 103 Å². The quantitative estimate of drug-likeness (QED) is 0.0463. The summed E-state index contributed by atoms with van der Waals surface area (Å²) in [6.45, 7) is 8.89. The first-order chi connectivity index (χ1) is 28.4. The molecular weight excluding hydrogens is 725 g/mol. The molecule has 2 atom stereocenters. The monoisotopic (exact) mass is 819 g/mol. The van der Waals surface area contributed by atoms with Crippen molar-refractivity contribution in [2.24, 2.45) is 11.5 Å². The number of likely N-dealkylation sites (tertiary alicyclic amines) is 2. The number of nitrogens with zero attached hydrogens (tertiary/aromatic N) is 2. The topological polar surface area (TPSA) is 151 Å². The van der Waals surface area contributed by atoms with Crippen LogP contribution in [-0.4, -0.2) is 84.8 Å². The van der Waals surface area contributed by atoms with E-state index in [4.69, 9.17) is 11.5 Å². The third-order valence-corrected chi connectivity index (χ3v) is 12.1. The molecule has 10 heteroatoms. The maximum Gasteiger partial charge on any atom is 0.242 e. The van der Waals surface area contributed by atoms with E-state index in [0.29, 0.717) is 25.9 Å². The summed E-state index contributed by atoms with van der Waals surface area (Å²) in [5, 5.41) is 6.06. The first-order valence-electron chi connectivity index (χ1n) is 25.0. The normalized spacial score (nSPS) is 16.3. The smallest absolute Gasteiger partial charge is 0.242 e. The molecule has 0 aromatic heterocycles. The van der Waals surface area contributed by atoms with E-state index < -0.39 is 0 Å². The van der Waals surface area contributed by atoms with Crippen LogP contribution >= 0.6 is 0 Å². The summed E-state index contributed by atoms with van der Waals surface area (Å²) in [4.78, 5) is 53.8. The molecule has 0 aromatic rings. The fraction of sp³-hybridized carbons (Fsp3) is 0.917.